The van der Waals surface area contributed by atoms with Gasteiger partial charge in [0.15, 0.2) is 0 Å². The van der Waals surface area contributed by atoms with Crippen LogP contribution in [0.5, 0.6) is 0 Å². The first-order chi connectivity index (χ1) is 8.56. The van der Waals surface area contributed by atoms with Crippen LogP contribution in [0.4, 0.5) is 11.5 Å². The molecule has 7 heteroatoms. The van der Waals surface area contributed by atoms with Crippen molar-refractivity contribution in [1.82, 2.24) is 15.2 Å². The molecule has 2 rings (SSSR count). The molecule has 0 unspecified atom stereocenters. The molecule has 0 spiro atoms. The molecule has 0 fully saturated rings. The fraction of sp³-hybridized carbons (Fsp3) is 0.0909. The quantitative estimate of drug-likeness (QED) is 0.704. The van der Waals surface area contributed by atoms with Crippen molar-refractivity contribution < 1.29 is 4.79 Å². The lowest BCUT2D eigenvalue weighted by Gasteiger charge is -2.05. The number of aromatic nitrogens is 3. The molecule has 0 saturated heterocycles. The smallest absolute Gasteiger partial charge is 0.277 e. The van der Waals surface area contributed by atoms with Gasteiger partial charge < -0.3 is 11.1 Å². The number of nitrogens with two attached hydrogens (primary N) is 1. The van der Waals surface area contributed by atoms with Crippen LogP contribution >= 0.6 is 0 Å². The van der Waals surface area contributed by atoms with Crippen LogP contribution < -0.4 is 16.6 Å². The van der Waals surface area contributed by atoms with Crippen LogP contribution in [-0.2, 0) is 0 Å². The summed E-state index contributed by atoms with van der Waals surface area (Å²) in [6.07, 6.45) is 1.46. The highest BCUT2D eigenvalue weighted by Crippen LogP contribution is 2.13. The summed E-state index contributed by atoms with van der Waals surface area (Å²) in [7, 11) is 0. The van der Waals surface area contributed by atoms with E-state index in [1.54, 1.807) is 6.07 Å². The second kappa shape index (κ2) is 4.66. The maximum absolute atomic E-state index is 11.8. The van der Waals surface area contributed by atoms with E-state index in [1.807, 2.05) is 6.92 Å². The van der Waals surface area contributed by atoms with E-state index in [-0.39, 0.29) is 11.3 Å². The highest BCUT2D eigenvalue weighted by molar-refractivity contribution is 6.02. The van der Waals surface area contributed by atoms with Gasteiger partial charge in [-0.2, -0.15) is 5.10 Å². The largest absolute Gasteiger partial charge is 0.397 e. The zero-order valence-electron chi connectivity index (χ0n) is 9.60. The van der Waals surface area contributed by atoms with Gasteiger partial charge in [0, 0.05) is 6.07 Å². The minimum Gasteiger partial charge on any atom is -0.397 e. The third-order valence-corrected chi connectivity index (χ3v) is 2.30. The van der Waals surface area contributed by atoms with E-state index < -0.39 is 5.91 Å². The van der Waals surface area contributed by atoms with Crippen LogP contribution in [0.15, 0.2) is 29.2 Å². The molecule has 0 aliphatic carbocycles. The number of anilines is 2. The Kier molecular flexibility index (Phi) is 3.05. The standard InChI is InChI=1S/C11H11N5O2/c1-6-4-9(13-5-7(6)12)14-11(18)8-2-3-10(17)16-15-8/h2-5H,12H2,1H3,(H,16,17)(H,13,14,18). The lowest BCUT2D eigenvalue weighted by atomic mass is 10.2. The Morgan fingerprint density at radius 3 is 2.83 bits per heavy atom. The van der Waals surface area contributed by atoms with Crippen molar-refractivity contribution >= 4 is 17.4 Å². The number of nitrogens with zero attached hydrogens (tertiary/aromatic N) is 2. The van der Waals surface area contributed by atoms with E-state index >= 15 is 0 Å². The van der Waals surface area contributed by atoms with Gasteiger partial charge in [0.2, 0.25) is 0 Å². The van der Waals surface area contributed by atoms with Gasteiger partial charge in [-0.05, 0) is 24.6 Å². The second-order valence-electron chi connectivity index (χ2n) is 3.69. The SMILES string of the molecule is Cc1cc(NC(=O)c2ccc(=O)[nH]n2)ncc1N. The lowest BCUT2D eigenvalue weighted by Crippen LogP contribution is -2.18. The Balaban J connectivity index is 2.18. The normalized spacial score (nSPS) is 10.1. The van der Waals surface area contributed by atoms with Crippen molar-refractivity contribution in [3.63, 3.8) is 0 Å². The molecule has 0 bridgehead atoms. The summed E-state index contributed by atoms with van der Waals surface area (Å²) in [5, 5.41) is 8.35. The first-order valence-corrected chi connectivity index (χ1v) is 5.15. The van der Waals surface area contributed by atoms with Crippen molar-refractivity contribution in [2.24, 2.45) is 0 Å². The number of H-pyrrole nitrogens is 1. The topological polar surface area (TPSA) is 114 Å². The molecule has 2 aromatic heterocycles. The number of carbonyl (C=O) groups is 1. The highest BCUT2D eigenvalue weighted by atomic mass is 16.2. The fourth-order valence-corrected chi connectivity index (χ4v) is 1.29. The summed E-state index contributed by atoms with van der Waals surface area (Å²) < 4.78 is 0. The number of amides is 1. The number of aromatic amines is 1. The Labute approximate surface area is 102 Å². The third kappa shape index (κ3) is 2.51. The maximum atomic E-state index is 11.8. The van der Waals surface area contributed by atoms with Crippen LogP contribution in [0.1, 0.15) is 16.1 Å². The van der Waals surface area contributed by atoms with Crippen molar-refractivity contribution in [3.05, 3.63) is 46.0 Å². The van der Waals surface area contributed by atoms with Crippen LogP contribution in [0.3, 0.4) is 0 Å². The predicted molar refractivity (Wildman–Crippen MR) is 66.2 cm³/mol. The molecular weight excluding hydrogens is 234 g/mol. The second-order valence-corrected chi connectivity index (χ2v) is 3.69. The van der Waals surface area contributed by atoms with Crippen molar-refractivity contribution in [2.75, 3.05) is 11.1 Å². The first-order valence-electron chi connectivity index (χ1n) is 5.15. The molecule has 2 heterocycles. The Bertz CT molecular complexity index is 630. The molecule has 0 aliphatic rings. The molecule has 2 aromatic rings. The van der Waals surface area contributed by atoms with Crippen LogP contribution in [0.2, 0.25) is 0 Å². The van der Waals surface area contributed by atoms with Crippen molar-refractivity contribution in [2.45, 2.75) is 6.92 Å². The number of aryl methyl sites for hydroxylation is 1. The minimum atomic E-state index is -0.456. The summed E-state index contributed by atoms with van der Waals surface area (Å²) >= 11 is 0. The van der Waals surface area contributed by atoms with Gasteiger partial charge in [-0.25, -0.2) is 10.1 Å². The maximum Gasteiger partial charge on any atom is 0.277 e. The molecule has 1 amide bonds. The molecule has 0 aromatic carbocycles. The van der Waals surface area contributed by atoms with Gasteiger partial charge in [-0.3, -0.25) is 9.59 Å². The Hall–Kier alpha value is -2.70. The van der Waals surface area contributed by atoms with Gasteiger partial charge >= 0.3 is 0 Å². The summed E-state index contributed by atoms with van der Waals surface area (Å²) in [6, 6.07) is 4.21. The summed E-state index contributed by atoms with van der Waals surface area (Å²) in [6.45, 7) is 1.81. The predicted octanol–water partition coefficient (Wildman–Crippen LogP) is 0.308. The molecular formula is C11H11N5O2. The molecule has 0 aliphatic heterocycles. The highest BCUT2D eigenvalue weighted by Gasteiger charge is 2.08. The Morgan fingerprint density at radius 1 is 1.44 bits per heavy atom. The zero-order chi connectivity index (χ0) is 13.1. The van der Waals surface area contributed by atoms with E-state index in [0.717, 1.165) is 5.56 Å². The van der Waals surface area contributed by atoms with E-state index in [1.165, 1.54) is 18.3 Å². The van der Waals surface area contributed by atoms with E-state index in [2.05, 4.69) is 20.5 Å². The van der Waals surface area contributed by atoms with Gasteiger partial charge in [-0.1, -0.05) is 0 Å². The number of nitrogens with one attached hydrogen (secondary N) is 2. The van der Waals surface area contributed by atoms with Crippen LogP contribution in [0.25, 0.3) is 0 Å². The fourth-order valence-electron chi connectivity index (χ4n) is 1.29. The van der Waals surface area contributed by atoms with Gasteiger partial charge in [0.1, 0.15) is 11.5 Å². The van der Waals surface area contributed by atoms with E-state index in [9.17, 15) is 9.59 Å². The molecule has 0 atom stereocenters. The van der Waals surface area contributed by atoms with Crippen molar-refractivity contribution in [1.29, 1.82) is 0 Å². The number of hydrogen-bond acceptors (Lipinski definition) is 5. The van der Waals surface area contributed by atoms with Gasteiger partial charge in [-0.15, -0.1) is 0 Å². The van der Waals surface area contributed by atoms with E-state index in [0.29, 0.717) is 11.5 Å². The van der Waals surface area contributed by atoms with Gasteiger partial charge in [0.25, 0.3) is 11.5 Å². The average Bonchev–Trinajstić information content (AvgIpc) is 2.34. The summed E-state index contributed by atoms with van der Waals surface area (Å²) in [5.41, 5.74) is 6.72. The molecule has 0 radical (unpaired) electrons. The minimum absolute atomic E-state index is 0.103. The average molecular weight is 245 g/mol. The molecule has 7 nitrogen and oxygen atoms in total. The van der Waals surface area contributed by atoms with Crippen molar-refractivity contribution in [3.8, 4) is 0 Å². The third-order valence-electron chi connectivity index (χ3n) is 2.30. The number of rotatable bonds is 2. The first kappa shape index (κ1) is 11.8. The summed E-state index contributed by atoms with van der Waals surface area (Å²) in [5.74, 6) is -0.0809. The molecule has 92 valence electrons. The number of carbonyl (C=O) groups excluding carboxylic acids is 1. The van der Waals surface area contributed by atoms with Gasteiger partial charge in [0.05, 0.1) is 11.9 Å². The van der Waals surface area contributed by atoms with Crippen LogP contribution in [-0.4, -0.2) is 21.1 Å². The number of pyridine rings is 1. The van der Waals surface area contributed by atoms with E-state index in [4.69, 9.17) is 5.73 Å². The molecule has 18 heavy (non-hydrogen) atoms. The molecule has 0 saturated carbocycles. The molecule has 4 N–H and O–H groups in total. The van der Waals surface area contributed by atoms with Crippen LogP contribution in [0, 0.1) is 6.92 Å². The zero-order valence-corrected chi connectivity index (χ0v) is 9.60. The monoisotopic (exact) mass is 245 g/mol. The lowest BCUT2D eigenvalue weighted by molar-refractivity contribution is 0.102. The number of hydrogen-bond donors (Lipinski definition) is 3. The Morgan fingerprint density at radius 2 is 2.22 bits per heavy atom. The summed E-state index contributed by atoms with van der Waals surface area (Å²) in [4.78, 5) is 26.5. The number of nitrogen functional groups attached to an aromatic ring is 1.